The topological polar surface area (TPSA) is 105 Å². The number of aromatic nitrogens is 1. The van der Waals surface area contributed by atoms with Crippen molar-refractivity contribution in [3.8, 4) is 0 Å². The number of halogens is 3. The zero-order valence-corrected chi connectivity index (χ0v) is 8.23. The second-order valence-corrected chi connectivity index (χ2v) is 2.53. The largest absolute Gasteiger partial charge is 0.490 e. The second kappa shape index (κ2) is 6.30. The van der Waals surface area contributed by atoms with E-state index in [0.717, 1.165) is 0 Å². The average molecular weight is 251 g/mol. The lowest BCUT2D eigenvalue weighted by Crippen LogP contribution is -2.21. The van der Waals surface area contributed by atoms with Crippen LogP contribution in [0.5, 0.6) is 0 Å². The van der Waals surface area contributed by atoms with E-state index in [2.05, 4.69) is 10.3 Å². The van der Waals surface area contributed by atoms with Gasteiger partial charge in [-0.25, -0.2) is 9.59 Å². The first kappa shape index (κ1) is 14.7. The number of anilines is 1. The van der Waals surface area contributed by atoms with E-state index in [4.69, 9.17) is 15.6 Å². The molecule has 2 amide bonds. The molecular formula is C8H8F3N3O3. The molecule has 0 unspecified atom stereocenters. The van der Waals surface area contributed by atoms with Crippen LogP contribution in [-0.4, -0.2) is 28.3 Å². The second-order valence-electron chi connectivity index (χ2n) is 2.53. The number of aliphatic carboxylic acids is 1. The van der Waals surface area contributed by atoms with Gasteiger partial charge in [-0.1, -0.05) is 0 Å². The molecule has 1 heterocycles. The van der Waals surface area contributed by atoms with Crippen LogP contribution in [0.15, 0.2) is 24.5 Å². The summed E-state index contributed by atoms with van der Waals surface area (Å²) in [4.78, 5) is 22.9. The van der Waals surface area contributed by atoms with E-state index < -0.39 is 18.2 Å². The zero-order valence-electron chi connectivity index (χ0n) is 8.23. The van der Waals surface area contributed by atoms with E-state index >= 15 is 0 Å². The number of carboxylic acid groups (broad SMARTS) is 1. The van der Waals surface area contributed by atoms with Crippen molar-refractivity contribution < 1.29 is 27.9 Å². The Morgan fingerprint density at radius 2 is 1.94 bits per heavy atom. The third-order valence-corrected chi connectivity index (χ3v) is 1.17. The van der Waals surface area contributed by atoms with E-state index in [0.29, 0.717) is 5.69 Å². The maximum absolute atomic E-state index is 10.6. The van der Waals surface area contributed by atoms with Gasteiger partial charge >= 0.3 is 18.2 Å². The lowest BCUT2D eigenvalue weighted by molar-refractivity contribution is -0.192. The molecule has 1 aromatic heterocycles. The minimum absolute atomic E-state index is 0.576. The Morgan fingerprint density at radius 1 is 1.41 bits per heavy atom. The molecule has 9 heteroatoms. The SMILES string of the molecule is NC(=O)Nc1cccnc1.O=C(O)C(F)(F)F. The van der Waals surface area contributed by atoms with Crippen LogP contribution in [0.25, 0.3) is 0 Å². The van der Waals surface area contributed by atoms with Gasteiger partial charge in [0.1, 0.15) is 0 Å². The number of amides is 2. The lowest BCUT2D eigenvalue weighted by Gasteiger charge is -1.97. The Labute approximate surface area is 93.3 Å². The third-order valence-electron chi connectivity index (χ3n) is 1.17. The molecule has 0 saturated heterocycles. The standard InChI is InChI=1S/C6H7N3O.C2HF3O2/c7-6(10)9-5-2-1-3-8-4-5;3-2(4,5)1(6)7/h1-4H,(H3,7,9,10);(H,6,7). The molecule has 94 valence electrons. The summed E-state index contributed by atoms with van der Waals surface area (Å²) in [7, 11) is 0. The van der Waals surface area contributed by atoms with Crippen LogP contribution in [0.4, 0.5) is 23.7 Å². The van der Waals surface area contributed by atoms with Crippen LogP contribution in [-0.2, 0) is 4.79 Å². The van der Waals surface area contributed by atoms with Crippen molar-refractivity contribution in [1.29, 1.82) is 0 Å². The first-order chi connectivity index (χ1) is 7.73. The summed E-state index contributed by atoms with van der Waals surface area (Å²) in [5, 5.41) is 9.51. The van der Waals surface area contributed by atoms with Gasteiger partial charge in [0.2, 0.25) is 0 Å². The molecule has 0 spiro atoms. The van der Waals surface area contributed by atoms with Crippen LogP contribution < -0.4 is 11.1 Å². The maximum Gasteiger partial charge on any atom is 0.490 e. The molecule has 0 aliphatic carbocycles. The van der Waals surface area contributed by atoms with Crippen molar-refractivity contribution in [3.05, 3.63) is 24.5 Å². The average Bonchev–Trinajstić information content (AvgIpc) is 2.17. The van der Waals surface area contributed by atoms with Gasteiger partial charge in [0, 0.05) is 6.20 Å². The van der Waals surface area contributed by atoms with Crippen molar-refractivity contribution in [2.24, 2.45) is 5.73 Å². The highest BCUT2D eigenvalue weighted by Crippen LogP contribution is 2.13. The Hall–Kier alpha value is -2.32. The summed E-state index contributed by atoms with van der Waals surface area (Å²) in [5.74, 6) is -2.76. The number of carboxylic acids is 1. The monoisotopic (exact) mass is 251 g/mol. The number of hydrogen-bond donors (Lipinski definition) is 3. The summed E-state index contributed by atoms with van der Waals surface area (Å²) in [6.45, 7) is 0. The van der Waals surface area contributed by atoms with Gasteiger partial charge < -0.3 is 16.2 Å². The Morgan fingerprint density at radius 3 is 2.24 bits per heavy atom. The highest BCUT2D eigenvalue weighted by Gasteiger charge is 2.38. The number of pyridine rings is 1. The number of nitrogens with one attached hydrogen (secondary N) is 1. The molecule has 0 aliphatic heterocycles. The van der Waals surface area contributed by atoms with Crippen LogP contribution in [0.2, 0.25) is 0 Å². The number of alkyl halides is 3. The van der Waals surface area contributed by atoms with Gasteiger partial charge in [0.05, 0.1) is 11.9 Å². The predicted molar refractivity (Wildman–Crippen MR) is 51.1 cm³/mol. The molecule has 6 nitrogen and oxygen atoms in total. The molecule has 1 rings (SSSR count). The summed E-state index contributed by atoms with van der Waals surface area (Å²) in [6.07, 6.45) is -1.95. The number of carbonyl (C=O) groups excluding carboxylic acids is 1. The van der Waals surface area contributed by atoms with E-state index in [-0.39, 0.29) is 0 Å². The Bertz CT molecular complexity index is 381. The number of primary amides is 1. The number of hydrogen-bond acceptors (Lipinski definition) is 3. The van der Waals surface area contributed by atoms with Crippen LogP contribution in [0, 0.1) is 0 Å². The van der Waals surface area contributed by atoms with Gasteiger partial charge in [-0.15, -0.1) is 0 Å². The van der Waals surface area contributed by atoms with Gasteiger partial charge in [0.15, 0.2) is 0 Å². The molecule has 0 aromatic carbocycles. The molecule has 0 bridgehead atoms. The number of carbonyl (C=O) groups is 2. The smallest absolute Gasteiger partial charge is 0.475 e. The summed E-state index contributed by atoms with van der Waals surface area (Å²) < 4.78 is 31.7. The third kappa shape index (κ3) is 7.59. The van der Waals surface area contributed by atoms with Gasteiger partial charge in [-0.05, 0) is 12.1 Å². The van der Waals surface area contributed by atoms with Crippen molar-refractivity contribution in [2.45, 2.75) is 6.18 Å². The Balaban J connectivity index is 0.000000325. The van der Waals surface area contributed by atoms with Crippen LogP contribution in [0.3, 0.4) is 0 Å². The van der Waals surface area contributed by atoms with E-state index in [1.807, 2.05) is 0 Å². The minimum atomic E-state index is -5.08. The quantitative estimate of drug-likeness (QED) is 0.697. The van der Waals surface area contributed by atoms with Crippen LogP contribution in [0.1, 0.15) is 0 Å². The lowest BCUT2D eigenvalue weighted by atomic mass is 10.4. The Kier molecular flexibility index (Phi) is 5.44. The molecule has 0 aliphatic rings. The van der Waals surface area contributed by atoms with Gasteiger partial charge in [0.25, 0.3) is 0 Å². The molecule has 0 radical (unpaired) electrons. The highest BCUT2D eigenvalue weighted by molar-refractivity contribution is 5.87. The molecule has 0 saturated carbocycles. The summed E-state index contributed by atoms with van der Waals surface area (Å²) >= 11 is 0. The van der Waals surface area contributed by atoms with Gasteiger partial charge in [-0.2, -0.15) is 13.2 Å². The predicted octanol–water partition coefficient (Wildman–Crippen LogP) is 1.21. The molecule has 1 aromatic rings. The van der Waals surface area contributed by atoms with Crippen molar-refractivity contribution >= 4 is 17.7 Å². The molecule has 0 atom stereocenters. The summed E-state index contributed by atoms with van der Waals surface area (Å²) in [6, 6.07) is 2.84. The minimum Gasteiger partial charge on any atom is -0.475 e. The van der Waals surface area contributed by atoms with E-state index in [9.17, 15) is 18.0 Å². The van der Waals surface area contributed by atoms with E-state index in [1.54, 1.807) is 18.3 Å². The zero-order chi connectivity index (χ0) is 13.5. The fourth-order valence-electron chi connectivity index (χ4n) is 0.579. The fourth-order valence-corrected chi connectivity index (χ4v) is 0.579. The van der Waals surface area contributed by atoms with E-state index in [1.165, 1.54) is 6.20 Å². The van der Waals surface area contributed by atoms with Gasteiger partial charge in [-0.3, -0.25) is 4.98 Å². The first-order valence-electron chi connectivity index (χ1n) is 4.00. The molecule has 4 N–H and O–H groups in total. The normalized spacial score (nSPS) is 9.82. The van der Waals surface area contributed by atoms with Crippen molar-refractivity contribution in [1.82, 2.24) is 4.98 Å². The van der Waals surface area contributed by atoms with Crippen molar-refractivity contribution in [2.75, 3.05) is 5.32 Å². The van der Waals surface area contributed by atoms with Crippen LogP contribution >= 0.6 is 0 Å². The summed E-state index contributed by atoms with van der Waals surface area (Å²) in [5.41, 5.74) is 5.45. The maximum atomic E-state index is 10.6. The molecular weight excluding hydrogens is 243 g/mol. The molecule has 0 fully saturated rings. The highest BCUT2D eigenvalue weighted by atomic mass is 19.4. The fraction of sp³-hybridized carbons (Fsp3) is 0.125. The van der Waals surface area contributed by atoms with Crippen molar-refractivity contribution in [3.63, 3.8) is 0 Å². The number of urea groups is 1. The molecule has 17 heavy (non-hydrogen) atoms. The number of nitrogens with two attached hydrogens (primary N) is 1. The first-order valence-corrected chi connectivity index (χ1v) is 4.00. The number of nitrogens with zero attached hydrogens (tertiary/aromatic N) is 1. The number of rotatable bonds is 1.